The van der Waals surface area contributed by atoms with Crippen LogP contribution >= 0.6 is 0 Å². The first-order valence-corrected chi connectivity index (χ1v) is 9.16. The van der Waals surface area contributed by atoms with Gasteiger partial charge < -0.3 is 0 Å². The molecular formula is C16H10F5N3O2S. The van der Waals surface area contributed by atoms with Gasteiger partial charge in [0.05, 0.1) is 5.69 Å². The van der Waals surface area contributed by atoms with Gasteiger partial charge in [0.25, 0.3) is 5.82 Å². The van der Waals surface area contributed by atoms with Crippen molar-refractivity contribution >= 4 is 9.84 Å². The summed E-state index contributed by atoms with van der Waals surface area (Å²) in [6.45, 7) is 0. The number of nitrogens with zero attached hydrogens (tertiary/aromatic N) is 3. The predicted molar refractivity (Wildman–Crippen MR) is 84.8 cm³/mol. The normalized spacial score (nSPS) is 12.4. The second kappa shape index (κ2) is 6.41. The van der Waals surface area contributed by atoms with Crippen molar-refractivity contribution < 1.29 is 30.4 Å². The average molecular weight is 403 g/mol. The van der Waals surface area contributed by atoms with Crippen molar-refractivity contribution in [2.24, 2.45) is 0 Å². The van der Waals surface area contributed by atoms with Crippen molar-refractivity contribution in [2.45, 2.75) is 11.1 Å². The second-order valence-electron chi connectivity index (χ2n) is 5.56. The molecule has 3 aromatic rings. The summed E-state index contributed by atoms with van der Waals surface area (Å²) in [6, 6.07) is 7.18. The molecule has 27 heavy (non-hydrogen) atoms. The number of halogens is 5. The SMILES string of the molecule is CS(=O)(=O)c1ccc(-n2nc(C(F)(F)F)nc2-c2ccc(F)cc2)cc1F. The highest BCUT2D eigenvalue weighted by molar-refractivity contribution is 7.90. The molecule has 0 aliphatic rings. The average Bonchev–Trinajstić information content (AvgIpc) is 2.99. The van der Waals surface area contributed by atoms with Gasteiger partial charge in [0.2, 0.25) is 0 Å². The summed E-state index contributed by atoms with van der Waals surface area (Å²) in [5.74, 6) is -3.54. The Labute approximate surface area is 150 Å². The van der Waals surface area contributed by atoms with Crippen LogP contribution < -0.4 is 0 Å². The summed E-state index contributed by atoms with van der Waals surface area (Å²) in [7, 11) is -3.86. The third-order valence-electron chi connectivity index (χ3n) is 3.52. The van der Waals surface area contributed by atoms with E-state index in [0.29, 0.717) is 4.68 Å². The third-order valence-corrected chi connectivity index (χ3v) is 4.65. The largest absolute Gasteiger partial charge is 0.453 e. The molecule has 1 heterocycles. The number of rotatable bonds is 3. The molecule has 5 nitrogen and oxygen atoms in total. The van der Waals surface area contributed by atoms with E-state index < -0.39 is 38.4 Å². The van der Waals surface area contributed by atoms with Crippen LogP contribution in [0.5, 0.6) is 0 Å². The van der Waals surface area contributed by atoms with E-state index in [1.54, 1.807) is 0 Å². The molecule has 0 unspecified atom stereocenters. The summed E-state index contributed by atoms with van der Waals surface area (Å²) >= 11 is 0. The maximum atomic E-state index is 14.1. The summed E-state index contributed by atoms with van der Waals surface area (Å²) < 4.78 is 90.0. The highest BCUT2D eigenvalue weighted by Crippen LogP contribution is 2.31. The van der Waals surface area contributed by atoms with Gasteiger partial charge in [-0.05, 0) is 36.4 Å². The molecule has 0 spiro atoms. The predicted octanol–water partition coefficient (Wildman–Crippen LogP) is 3.63. The molecule has 0 bridgehead atoms. The fourth-order valence-corrected chi connectivity index (χ4v) is 3.05. The Bertz CT molecular complexity index is 1110. The molecule has 0 N–H and O–H groups in total. The number of alkyl halides is 3. The Morgan fingerprint density at radius 1 is 1.00 bits per heavy atom. The standard InChI is InChI=1S/C16H10F5N3O2S/c1-27(25,26)13-7-6-11(8-12(13)18)24-14(9-2-4-10(17)5-3-9)22-15(23-24)16(19,20)21/h2-8H,1H3. The smallest absolute Gasteiger partial charge is 0.224 e. The third kappa shape index (κ3) is 3.82. The maximum Gasteiger partial charge on any atom is 0.453 e. The fraction of sp³-hybridized carbons (Fsp3) is 0.125. The molecule has 142 valence electrons. The molecule has 11 heteroatoms. The van der Waals surface area contributed by atoms with Crippen molar-refractivity contribution in [3.8, 4) is 17.1 Å². The van der Waals surface area contributed by atoms with Crippen LogP contribution in [0.3, 0.4) is 0 Å². The van der Waals surface area contributed by atoms with Crippen molar-refractivity contribution in [2.75, 3.05) is 6.26 Å². The fourth-order valence-electron chi connectivity index (χ4n) is 2.32. The highest BCUT2D eigenvalue weighted by Gasteiger charge is 2.37. The van der Waals surface area contributed by atoms with Crippen LogP contribution in [0.25, 0.3) is 17.1 Å². The van der Waals surface area contributed by atoms with Gasteiger partial charge in [0.15, 0.2) is 15.7 Å². The minimum atomic E-state index is -4.87. The van der Waals surface area contributed by atoms with Gasteiger partial charge in [-0.1, -0.05) is 0 Å². The molecule has 0 atom stereocenters. The van der Waals surface area contributed by atoms with Crippen LogP contribution in [0, 0.1) is 11.6 Å². The first-order valence-electron chi connectivity index (χ1n) is 7.27. The lowest BCUT2D eigenvalue weighted by Gasteiger charge is -2.08. The molecule has 0 aliphatic heterocycles. The minimum Gasteiger partial charge on any atom is -0.224 e. The van der Waals surface area contributed by atoms with Gasteiger partial charge in [-0.2, -0.15) is 13.2 Å². The zero-order chi connectivity index (χ0) is 20.0. The van der Waals surface area contributed by atoms with Crippen molar-refractivity contribution in [1.82, 2.24) is 14.8 Å². The van der Waals surface area contributed by atoms with Gasteiger partial charge in [-0.25, -0.2) is 26.9 Å². The molecule has 0 amide bonds. The van der Waals surface area contributed by atoms with Crippen molar-refractivity contribution in [3.05, 3.63) is 59.9 Å². The van der Waals surface area contributed by atoms with Crippen LogP contribution in [0.2, 0.25) is 0 Å². The monoisotopic (exact) mass is 403 g/mol. The molecule has 0 fully saturated rings. The van der Waals surface area contributed by atoms with Crippen LogP contribution in [-0.4, -0.2) is 29.4 Å². The van der Waals surface area contributed by atoms with E-state index in [1.165, 1.54) is 12.1 Å². The Morgan fingerprint density at radius 2 is 1.63 bits per heavy atom. The van der Waals surface area contributed by atoms with Gasteiger partial charge in [0, 0.05) is 17.9 Å². The van der Waals surface area contributed by atoms with E-state index in [1.807, 2.05) is 0 Å². The molecule has 1 aromatic heterocycles. The topological polar surface area (TPSA) is 64.8 Å². The molecule has 0 saturated heterocycles. The Hall–Kier alpha value is -2.82. The summed E-state index contributed by atoms with van der Waals surface area (Å²) in [6.07, 6.45) is -4.07. The number of sulfone groups is 1. The lowest BCUT2D eigenvalue weighted by Crippen LogP contribution is -2.09. The zero-order valence-corrected chi connectivity index (χ0v) is 14.3. The Kier molecular flexibility index (Phi) is 4.50. The van der Waals surface area contributed by atoms with Gasteiger partial charge in [-0.15, -0.1) is 5.10 Å². The molecule has 3 rings (SSSR count). The Morgan fingerprint density at radius 3 is 2.15 bits per heavy atom. The summed E-state index contributed by atoms with van der Waals surface area (Å²) in [5, 5.41) is 3.35. The van der Waals surface area contributed by atoms with E-state index >= 15 is 0 Å². The van der Waals surface area contributed by atoms with E-state index in [0.717, 1.165) is 36.6 Å². The second-order valence-corrected chi connectivity index (χ2v) is 7.55. The van der Waals surface area contributed by atoms with Gasteiger partial charge in [-0.3, -0.25) is 0 Å². The van der Waals surface area contributed by atoms with Gasteiger partial charge >= 0.3 is 6.18 Å². The first-order chi connectivity index (χ1) is 12.5. The van der Waals surface area contributed by atoms with Crippen LogP contribution in [0.15, 0.2) is 47.4 Å². The number of aromatic nitrogens is 3. The van der Waals surface area contributed by atoms with Gasteiger partial charge in [0.1, 0.15) is 16.5 Å². The van der Waals surface area contributed by atoms with E-state index in [9.17, 15) is 30.4 Å². The van der Waals surface area contributed by atoms with E-state index in [4.69, 9.17) is 0 Å². The molecule has 0 saturated carbocycles. The minimum absolute atomic E-state index is 0.104. The quantitative estimate of drug-likeness (QED) is 0.627. The number of benzene rings is 2. The van der Waals surface area contributed by atoms with Crippen LogP contribution in [0.4, 0.5) is 22.0 Å². The van der Waals surface area contributed by atoms with E-state index in [-0.39, 0.29) is 17.1 Å². The number of hydrogen-bond acceptors (Lipinski definition) is 4. The van der Waals surface area contributed by atoms with E-state index in [2.05, 4.69) is 10.1 Å². The summed E-state index contributed by atoms with van der Waals surface area (Å²) in [4.78, 5) is 2.82. The maximum absolute atomic E-state index is 14.1. The van der Waals surface area contributed by atoms with Crippen molar-refractivity contribution in [3.63, 3.8) is 0 Å². The lowest BCUT2D eigenvalue weighted by molar-refractivity contribution is -0.144. The van der Waals surface area contributed by atoms with Crippen LogP contribution in [0.1, 0.15) is 5.82 Å². The lowest BCUT2D eigenvalue weighted by atomic mass is 10.2. The Balaban J connectivity index is 2.21. The number of hydrogen-bond donors (Lipinski definition) is 0. The van der Waals surface area contributed by atoms with Crippen LogP contribution in [-0.2, 0) is 16.0 Å². The first kappa shape index (κ1) is 19.0. The molecule has 0 radical (unpaired) electrons. The molecule has 0 aliphatic carbocycles. The van der Waals surface area contributed by atoms with Crippen molar-refractivity contribution in [1.29, 1.82) is 0 Å². The molecular weight excluding hydrogens is 393 g/mol. The summed E-state index contributed by atoms with van der Waals surface area (Å²) in [5.41, 5.74) is -0.0748. The highest BCUT2D eigenvalue weighted by atomic mass is 32.2. The zero-order valence-electron chi connectivity index (χ0n) is 13.5. The molecule has 2 aromatic carbocycles.